The van der Waals surface area contributed by atoms with Crippen LogP contribution in [0.1, 0.15) is 31.4 Å². The van der Waals surface area contributed by atoms with E-state index in [1.54, 1.807) is 7.11 Å². The number of hydrogen-bond acceptors (Lipinski definition) is 4. The van der Waals surface area contributed by atoms with Crippen LogP contribution in [0.15, 0.2) is 47.7 Å². The molecule has 1 saturated carbocycles. The maximum atomic E-state index is 12.6. The molecule has 0 amide bonds. The average molecular weight is 382 g/mol. The molecule has 1 aliphatic heterocycles. The minimum Gasteiger partial charge on any atom is -0.497 e. The molecule has 0 bridgehead atoms. The highest BCUT2D eigenvalue weighted by Gasteiger charge is 2.40. The predicted molar refractivity (Wildman–Crippen MR) is 109 cm³/mol. The molecule has 0 unspecified atom stereocenters. The lowest BCUT2D eigenvalue weighted by atomic mass is 9.93. The number of esters is 1. The van der Waals surface area contributed by atoms with Crippen molar-refractivity contribution in [2.45, 2.75) is 31.8 Å². The smallest absolute Gasteiger partial charge is 0.337 e. The van der Waals surface area contributed by atoms with Crippen LogP contribution in [0.2, 0.25) is 0 Å². The van der Waals surface area contributed by atoms with Gasteiger partial charge in [-0.2, -0.15) is 0 Å². The maximum absolute atomic E-state index is 12.6. The number of thiocarbonyl (C=S) groups is 1. The summed E-state index contributed by atoms with van der Waals surface area (Å²) in [5.41, 5.74) is 2.48. The Kier molecular flexibility index (Phi) is 4.52. The number of methoxy groups -OCH3 is 2. The number of rotatable bonds is 4. The van der Waals surface area contributed by atoms with Crippen LogP contribution < -0.4 is 10.1 Å². The van der Waals surface area contributed by atoms with E-state index in [1.807, 2.05) is 37.3 Å². The zero-order chi connectivity index (χ0) is 19.1. The van der Waals surface area contributed by atoms with Gasteiger partial charge in [-0.1, -0.05) is 18.2 Å². The lowest BCUT2D eigenvalue weighted by Gasteiger charge is -2.37. The van der Waals surface area contributed by atoms with E-state index >= 15 is 0 Å². The standard InChI is InChI=1S/C21H22N2O3S/c1-12-18(20(24)26-3)19(22-21(27)23(12)16-7-8-16)15-5-4-14-11-17(25-2)9-6-13(14)10-15/h4-6,9-11,16,19H,7-8H2,1-3H3,(H,22,27)/t19-/m1/s1. The molecule has 0 spiro atoms. The van der Waals surface area contributed by atoms with Gasteiger partial charge in [0, 0.05) is 11.7 Å². The molecule has 4 rings (SSSR count). The molecule has 6 heteroatoms. The van der Waals surface area contributed by atoms with Gasteiger partial charge < -0.3 is 19.7 Å². The zero-order valence-corrected chi connectivity index (χ0v) is 16.4. The Balaban J connectivity index is 1.79. The monoisotopic (exact) mass is 382 g/mol. The molecule has 1 N–H and O–H groups in total. The average Bonchev–Trinajstić information content (AvgIpc) is 3.51. The van der Waals surface area contributed by atoms with Gasteiger partial charge in [-0.25, -0.2) is 4.79 Å². The summed E-state index contributed by atoms with van der Waals surface area (Å²) in [5.74, 6) is 0.492. The first-order chi connectivity index (χ1) is 13.0. The topological polar surface area (TPSA) is 50.8 Å². The van der Waals surface area contributed by atoms with Gasteiger partial charge in [-0.05, 0) is 66.5 Å². The Hall–Kier alpha value is -2.60. The highest BCUT2D eigenvalue weighted by Crippen LogP contribution is 2.38. The van der Waals surface area contributed by atoms with Crippen molar-refractivity contribution in [3.05, 3.63) is 53.2 Å². The van der Waals surface area contributed by atoms with Gasteiger partial charge in [0.2, 0.25) is 0 Å². The minimum atomic E-state index is -0.327. The first-order valence-electron chi connectivity index (χ1n) is 9.00. The maximum Gasteiger partial charge on any atom is 0.337 e. The number of nitrogens with one attached hydrogen (secondary N) is 1. The van der Waals surface area contributed by atoms with Crippen LogP contribution in [-0.2, 0) is 9.53 Å². The van der Waals surface area contributed by atoms with E-state index < -0.39 is 0 Å². The van der Waals surface area contributed by atoms with E-state index in [1.165, 1.54) is 7.11 Å². The SMILES string of the molecule is COC(=O)C1=C(C)N(C2CC2)C(=S)N[C@@H]1c1ccc2cc(OC)ccc2c1. The lowest BCUT2D eigenvalue weighted by molar-refractivity contribution is -0.136. The molecule has 1 aliphatic carbocycles. The number of benzene rings is 2. The molecule has 0 radical (unpaired) electrons. The number of nitrogens with zero attached hydrogens (tertiary/aromatic N) is 1. The molecule has 2 aromatic carbocycles. The zero-order valence-electron chi connectivity index (χ0n) is 15.6. The molecular formula is C21H22N2O3S. The van der Waals surface area contributed by atoms with E-state index in [9.17, 15) is 4.79 Å². The summed E-state index contributed by atoms with van der Waals surface area (Å²) in [4.78, 5) is 14.7. The fourth-order valence-electron chi connectivity index (χ4n) is 3.70. The Morgan fingerprint density at radius 2 is 1.85 bits per heavy atom. The van der Waals surface area contributed by atoms with Crippen molar-refractivity contribution >= 4 is 34.1 Å². The summed E-state index contributed by atoms with van der Waals surface area (Å²) < 4.78 is 10.4. The summed E-state index contributed by atoms with van der Waals surface area (Å²) >= 11 is 5.61. The van der Waals surface area contributed by atoms with Gasteiger partial charge in [0.1, 0.15) is 5.75 Å². The van der Waals surface area contributed by atoms with E-state index in [0.29, 0.717) is 16.7 Å². The van der Waals surface area contributed by atoms with Crippen LogP contribution in [-0.4, -0.2) is 36.2 Å². The van der Waals surface area contributed by atoms with Crippen molar-refractivity contribution in [3.63, 3.8) is 0 Å². The molecular weight excluding hydrogens is 360 g/mol. The highest BCUT2D eigenvalue weighted by molar-refractivity contribution is 7.80. The normalized spacial score (nSPS) is 19.9. The second-order valence-corrected chi connectivity index (χ2v) is 7.33. The Labute approximate surface area is 163 Å². The van der Waals surface area contributed by atoms with Crippen LogP contribution in [0, 0.1) is 0 Å². The molecule has 27 heavy (non-hydrogen) atoms. The molecule has 1 atom stereocenters. The number of ether oxygens (including phenoxy) is 2. The van der Waals surface area contributed by atoms with Crippen molar-refractivity contribution in [2.24, 2.45) is 0 Å². The largest absolute Gasteiger partial charge is 0.497 e. The number of carbonyl (C=O) groups is 1. The van der Waals surface area contributed by atoms with E-state index in [4.69, 9.17) is 21.7 Å². The third-order valence-electron chi connectivity index (χ3n) is 5.25. The summed E-state index contributed by atoms with van der Waals surface area (Å²) in [6.45, 7) is 1.95. The van der Waals surface area contributed by atoms with Gasteiger partial charge >= 0.3 is 5.97 Å². The highest BCUT2D eigenvalue weighted by atomic mass is 32.1. The summed E-state index contributed by atoms with van der Waals surface area (Å²) in [6, 6.07) is 12.1. The second kappa shape index (κ2) is 6.85. The number of allylic oxidation sites excluding steroid dienone is 1. The van der Waals surface area contributed by atoms with Crippen molar-refractivity contribution < 1.29 is 14.3 Å². The summed E-state index contributed by atoms with van der Waals surface area (Å²) in [7, 11) is 3.07. The van der Waals surface area contributed by atoms with Crippen LogP contribution in [0.25, 0.3) is 10.8 Å². The molecule has 140 valence electrons. The summed E-state index contributed by atoms with van der Waals surface area (Å²) in [6.07, 6.45) is 2.19. The Morgan fingerprint density at radius 3 is 2.52 bits per heavy atom. The van der Waals surface area contributed by atoms with Gasteiger partial charge in [0.05, 0.1) is 25.8 Å². The lowest BCUT2D eigenvalue weighted by Crippen LogP contribution is -2.48. The first kappa shape index (κ1) is 17.8. The van der Waals surface area contributed by atoms with E-state index in [2.05, 4.69) is 16.3 Å². The van der Waals surface area contributed by atoms with Crippen molar-refractivity contribution in [2.75, 3.05) is 14.2 Å². The molecule has 0 saturated heterocycles. The minimum absolute atomic E-state index is 0.326. The van der Waals surface area contributed by atoms with Crippen molar-refractivity contribution in [3.8, 4) is 5.75 Å². The molecule has 2 aliphatic rings. The van der Waals surface area contributed by atoms with Crippen LogP contribution in [0.5, 0.6) is 5.75 Å². The quantitative estimate of drug-likeness (QED) is 0.643. The number of carbonyl (C=O) groups excluding carboxylic acids is 1. The van der Waals surface area contributed by atoms with Crippen LogP contribution in [0.4, 0.5) is 0 Å². The van der Waals surface area contributed by atoms with Gasteiger partial charge in [0.15, 0.2) is 5.11 Å². The summed E-state index contributed by atoms with van der Waals surface area (Å²) in [5, 5.41) is 6.19. The van der Waals surface area contributed by atoms with Crippen molar-refractivity contribution in [1.82, 2.24) is 10.2 Å². The van der Waals surface area contributed by atoms with Gasteiger partial charge in [0.25, 0.3) is 0 Å². The Bertz CT molecular complexity index is 965. The molecule has 2 aromatic rings. The van der Waals surface area contributed by atoms with E-state index in [-0.39, 0.29) is 12.0 Å². The molecule has 1 fully saturated rings. The predicted octanol–water partition coefficient (Wildman–Crippen LogP) is 3.69. The molecule has 0 aromatic heterocycles. The van der Waals surface area contributed by atoms with E-state index in [0.717, 1.165) is 40.6 Å². The Morgan fingerprint density at radius 1 is 1.15 bits per heavy atom. The molecule has 5 nitrogen and oxygen atoms in total. The second-order valence-electron chi connectivity index (χ2n) is 6.95. The van der Waals surface area contributed by atoms with Crippen LogP contribution >= 0.6 is 12.2 Å². The fourth-order valence-corrected chi connectivity index (χ4v) is 4.11. The number of fused-ring (bicyclic) bond motifs is 1. The van der Waals surface area contributed by atoms with Crippen LogP contribution in [0.3, 0.4) is 0 Å². The third-order valence-corrected chi connectivity index (χ3v) is 5.56. The van der Waals surface area contributed by atoms with Crippen molar-refractivity contribution in [1.29, 1.82) is 0 Å². The van der Waals surface area contributed by atoms with Gasteiger partial charge in [-0.3, -0.25) is 0 Å². The third kappa shape index (κ3) is 3.14. The van der Waals surface area contributed by atoms with Gasteiger partial charge in [-0.15, -0.1) is 0 Å². The number of hydrogen-bond donors (Lipinski definition) is 1. The molecule has 1 heterocycles. The fraction of sp³-hybridized carbons (Fsp3) is 0.333. The first-order valence-corrected chi connectivity index (χ1v) is 9.41.